The smallest absolute Gasteiger partial charge is 0.199 e. The lowest BCUT2D eigenvalue weighted by Gasteiger charge is -2.06. The van der Waals surface area contributed by atoms with Gasteiger partial charge in [-0.15, -0.1) is 0 Å². The van der Waals surface area contributed by atoms with Crippen LogP contribution in [0, 0.1) is 11.7 Å². The highest BCUT2D eigenvalue weighted by Gasteiger charge is 2.18. The number of aromatic amines is 2. The van der Waals surface area contributed by atoms with Crippen molar-refractivity contribution >= 4 is 23.9 Å². The second-order valence-electron chi connectivity index (χ2n) is 3.90. The van der Waals surface area contributed by atoms with Gasteiger partial charge in [-0.05, 0) is 19.1 Å². The molecule has 1 aliphatic rings. The van der Waals surface area contributed by atoms with Gasteiger partial charge < -0.3 is 15.0 Å². The molecule has 0 radical (unpaired) electrons. The Morgan fingerprint density at radius 2 is 2.35 bits per heavy atom. The zero-order chi connectivity index (χ0) is 11.8. The van der Waals surface area contributed by atoms with Gasteiger partial charge in [0.2, 0.25) is 0 Å². The number of fused-ring (bicyclic) bond motifs is 1. The highest BCUT2D eigenvalue weighted by Crippen LogP contribution is 2.25. The van der Waals surface area contributed by atoms with Crippen molar-refractivity contribution in [3.63, 3.8) is 0 Å². The predicted molar refractivity (Wildman–Crippen MR) is 64.5 cm³/mol. The van der Waals surface area contributed by atoms with Gasteiger partial charge in [-0.2, -0.15) is 5.10 Å². The third-order valence-corrected chi connectivity index (χ3v) is 2.76. The number of nitrogens with zero attached hydrogens (tertiary/aromatic N) is 2. The fourth-order valence-electron chi connectivity index (χ4n) is 1.79. The first kappa shape index (κ1) is 10.4. The van der Waals surface area contributed by atoms with Crippen LogP contribution in [-0.2, 0) is 18.0 Å². The van der Waals surface area contributed by atoms with Crippen LogP contribution in [0.15, 0.2) is 6.07 Å². The topological polar surface area (TPSA) is 78.6 Å². The summed E-state index contributed by atoms with van der Waals surface area (Å²) < 4.78 is 5.82. The summed E-state index contributed by atoms with van der Waals surface area (Å²) >= 11 is 5.07. The lowest BCUT2D eigenvalue weighted by Crippen LogP contribution is -2.02. The van der Waals surface area contributed by atoms with Crippen molar-refractivity contribution in [3.8, 4) is 0 Å². The summed E-state index contributed by atoms with van der Waals surface area (Å²) in [4.78, 5) is 7.29. The van der Waals surface area contributed by atoms with Crippen molar-refractivity contribution in [3.05, 3.63) is 27.8 Å². The molecule has 6 nitrogen and oxygen atoms in total. The summed E-state index contributed by atoms with van der Waals surface area (Å²) in [6.07, 6.45) is 0. The van der Waals surface area contributed by atoms with Crippen LogP contribution in [-0.4, -0.2) is 20.2 Å². The van der Waals surface area contributed by atoms with E-state index < -0.39 is 0 Å². The summed E-state index contributed by atoms with van der Waals surface area (Å²) in [5.74, 6) is 1.44. The number of hydrogen-bond acceptors (Lipinski definition) is 5. The Labute approximate surface area is 102 Å². The zero-order valence-corrected chi connectivity index (χ0v) is 10.0. The molecule has 17 heavy (non-hydrogen) atoms. The molecule has 88 valence electrons. The predicted octanol–water partition coefficient (Wildman–Crippen LogP) is 1.94. The van der Waals surface area contributed by atoms with E-state index in [-0.39, 0.29) is 0 Å². The van der Waals surface area contributed by atoms with Crippen LogP contribution in [0.5, 0.6) is 0 Å². The highest BCUT2D eigenvalue weighted by atomic mass is 32.1. The fourth-order valence-corrected chi connectivity index (χ4v) is 2.00. The largest absolute Gasteiger partial charge is 0.370 e. The Morgan fingerprint density at radius 1 is 1.47 bits per heavy atom. The van der Waals surface area contributed by atoms with Gasteiger partial charge in [-0.25, -0.2) is 4.98 Å². The Hall–Kier alpha value is -1.73. The first-order chi connectivity index (χ1) is 8.22. The van der Waals surface area contributed by atoms with E-state index in [4.69, 9.17) is 17.0 Å². The number of rotatable bonds is 2. The lowest BCUT2D eigenvalue weighted by atomic mass is 10.2. The standard InChI is InChI=1S/C10H11N5OS/c1-5-2-8(15-14-5)12-9-6-3-16-4-7(6)11-10(17)13-9/h2H,3-4H2,1H3,(H3,11,12,13,14,15,17). The molecule has 0 unspecified atom stereocenters. The third kappa shape index (κ3) is 1.94. The summed E-state index contributed by atoms with van der Waals surface area (Å²) in [7, 11) is 0. The van der Waals surface area contributed by atoms with Crippen molar-refractivity contribution in [2.24, 2.45) is 0 Å². The van der Waals surface area contributed by atoms with Crippen molar-refractivity contribution < 1.29 is 4.74 Å². The number of nitrogens with one attached hydrogen (secondary N) is 3. The first-order valence-corrected chi connectivity index (χ1v) is 5.62. The summed E-state index contributed by atoms with van der Waals surface area (Å²) in [5, 5.41) is 10.1. The molecule has 0 saturated heterocycles. The van der Waals surface area contributed by atoms with Gasteiger partial charge in [-0.1, -0.05) is 0 Å². The quantitative estimate of drug-likeness (QED) is 0.709. The number of aryl methyl sites for hydroxylation is 1. The van der Waals surface area contributed by atoms with E-state index in [0.717, 1.165) is 22.8 Å². The van der Waals surface area contributed by atoms with Crippen LogP contribution in [0.25, 0.3) is 0 Å². The lowest BCUT2D eigenvalue weighted by molar-refractivity contribution is 0.133. The maximum Gasteiger partial charge on any atom is 0.199 e. The molecule has 0 fully saturated rings. The van der Waals surface area contributed by atoms with Crippen molar-refractivity contribution in [1.29, 1.82) is 0 Å². The van der Waals surface area contributed by atoms with E-state index in [9.17, 15) is 0 Å². The molecule has 3 rings (SSSR count). The fraction of sp³-hybridized carbons (Fsp3) is 0.300. The Bertz CT molecular complexity index is 617. The van der Waals surface area contributed by atoms with Crippen LogP contribution >= 0.6 is 12.2 Å². The van der Waals surface area contributed by atoms with Gasteiger partial charge >= 0.3 is 0 Å². The third-order valence-electron chi connectivity index (χ3n) is 2.57. The summed E-state index contributed by atoms with van der Waals surface area (Å²) in [6.45, 7) is 3.03. The normalized spacial score (nSPS) is 13.7. The number of ether oxygens (including phenoxy) is 1. The zero-order valence-electron chi connectivity index (χ0n) is 9.20. The van der Waals surface area contributed by atoms with Gasteiger partial charge in [-0.3, -0.25) is 5.10 Å². The van der Waals surface area contributed by atoms with Gasteiger partial charge in [0, 0.05) is 17.3 Å². The minimum atomic E-state index is 0.448. The molecular formula is C10H11N5OS. The van der Waals surface area contributed by atoms with E-state index in [1.165, 1.54) is 0 Å². The van der Waals surface area contributed by atoms with Crippen molar-refractivity contribution in [2.75, 3.05) is 5.32 Å². The van der Waals surface area contributed by atoms with Gasteiger partial charge in [0.05, 0.1) is 18.9 Å². The van der Waals surface area contributed by atoms with Crippen LogP contribution < -0.4 is 5.32 Å². The molecule has 0 aliphatic carbocycles. The molecule has 0 aromatic carbocycles. The molecule has 0 amide bonds. The van der Waals surface area contributed by atoms with Crippen LogP contribution in [0.2, 0.25) is 0 Å². The Kier molecular flexibility index (Phi) is 2.41. The first-order valence-electron chi connectivity index (χ1n) is 5.21. The van der Waals surface area contributed by atoms with Crippen LogP contribution in [0.1, 0.15) is 17.0 Å². The van der Waals surface area contributed by atoms with Crippen LogP contribution in [0.3, 0.4) is 0 Å². The van der Waals surface area contributed by atoms with Crippen LogP contribution in [0.4, 0.5) is 11.6 Å². The molecule has 0 spiro atoms. The second-order valence-corrected chi connectivity index (χ2v) is 4.29. The number of hydrogen-bond donors (Lipinski definition) is 3. The molecule has 2 aromatic heterocycles. The molecule has 0 bridgehead atoms. The van der Waals surface area contributed by atoms with Crippen molar-refractivity contribution in [2.45, 2.75) is 20.1 Å². The molecule has 0 saturated carbocycles. The number of H-pyrrole nitrogens is 2. The van der Waals surface area contributed by atoms with Gasteiger partial charge in [0.25, 0.3) is 0 Å². The molecule has 7 heteroatoms. The van der Waals surface area contributed by atoms with Gasteiger partial charge in [0.15, 0.2) is 10.6 Å². The van der Waals surface area contributed by atoms with Gasteiger partial charge in [0.1, 0.15) is 5.82 Å². The maximum absolute atomic E-state index is 5.37. The van der Waals surface area contributed by atoms with E-state index >= 15 is 0 Å². The highest BCUT2D eigenvalue weighted by molar-refractivity contribution is 7.71. The Balaban J connectivity index is 2.00. The minimum Gasteiger partial charge on any atom is -0.370 e. The SMILES string of the molecule is Cc1cc(Nc2nc(=S)[nH]c3c2COC3)n[nH]1. The molecule has 2 aromatic rings. The second kappa shape index (κ2) is 3.94. The summed E-state index contributed by atoms with van der Waals surface area (Å²) in [6, 6.07) is 1.91. The Morgan fingerprint density at radius 3 is 3.12 bits per heavy atom. The average Bonchev–Trinajstić information content (AvgIpc) is 2.87. The molecule has 3 heterocycles. The molecular weight excluding hydrogens is 238 g/mol. The molecule has 0 atom stereocenters. The van der Waals surface area contributed by atoms with E-state index in [1.54, 1.807) is 0 Å². The maximum atomic E-state index is 5.37. The molecule has 3 N–H and O–H groups in total. The number of aromatic nitrogens is 4. The monoisotopic (exact) mass is 249 g/mol. The van der Waals surface area contributed by atoms with E-state index in [0.29, 0.717) is 23.8 Å². The number of anilines is 2. The van der Waals surface area contributed by atoms with E-state index in [1.807, 2.05) is 13.0 Å². The summed E-state index contributed by atoms with van der Waals surface area (Å²) in [5.41, 5.74) is 2.99. The minimum absolute atomic E-state index is 0.448. The molecule has 1 aliphatic heterocycles. The average molecular weight is 249 g/mol. The van der Waals surface area contributed by atoms with E-state index in [2.05, 4.69) is 25.5 Å². The van der Waals surface area contributed by atoms with Crippen molar-refractivity contribution in [1.82, 2.24) is 20.2 Å².